The summed E-state index contributed by atoms with van der Waals surface area (Å²) in [5.41, 5.74) is 3.21. The van der Waals surface area contributed by atoms with Crippen molar-refractivity contribution >= 4 is 48.8 Å². The first-order valence-corrected chi connectivity index (χ1v) is 17.4. The summed E-state index contributed by atoms with van der Waals surface area (Å²) in [6.45, 7) is 3.37. The Morgan fingerprint density at radius 1 is 1.12 bits per heavy atom. The van der Waals surface area contributed by atoms with Crippen molar-refractivity contribution in [2.45, 2.75) is 49.1 Å². The second-order valence-electron chi connectivity index (χ2n) is 11.5. The minimum Gasteiger partial charge on any atom is -0.495 e. The maximum atomic E-state index is 11.9. The Hall–Kier alpha value is -3.46. The lowest BCUT2D eigenvalue weighted by Gasteiger charge is -2.33. The summed E-state index contributed by atoms with van der Waals surface area (Å²) in [6, 6.07) is 11.7. The number of nitrogens with one attached hydrogen (secondary N) is 2. The van der Waals surface area contributed by atoms with Gasteiger partial charge < -0.3 is 24.8 Å². The van der Waals surface area contributed by atoms with Crippen LogP contribution >= 0.6 is 11.3 Å². The summed E-state index contributed by atoms with van der Waals surface area (Å²) in [4.78, 5) is 14.9. The quantitative estimate of drug-likeness (QED) is 0.235. The molecule has 2 N–H and O–H groups in total. The molecule has 9 nitrogen and oxygen atoms in total. The number of piperidine rings is 1. The molecule has 1 unspecified atom stereocenters. The Kier molecular flexibility index (Phi) is 8.71. The fourth-order valence-electron chi connectivity index (χ4n) is 5.73. The molecule has 0 amide bonds. The Balaban J connectivity index is 1.14. The van der Waals surface area contributed by atoms with Crippen LogP contribution in [0.15, 0.2) is 41.3 Å². The summed E-state index contributed by atoms with van der Waals surface area (Å²) in [5.74, 6) is 7.94. The van der Waals surface area contributed by atoms with Crippen LogP contribution in [0, 0.1) is 17.8 Å². The predicted molar refractivity (Wildman–Crippen MR) is 169 cm³/mol. The van der Waals surface area contributed by atoms with Crippen molar-refractivity contribution in [2.24, 2.45) is 5.92 Å². The van der Waals surface area contributed by atoms with Gasteiger partial charge in [0.2, 0.25) is 0 Å². The Morgan fingerprint density at radius 2 is 1.93 bits per heavy atom. The number of thiophene rings is 1. The number of hydrogen-bond donors (Lipinski definition) is 2. The van der Waals surface area contributed by atoms with Gasteiger partial charge in [-0.15, -0.1) is 11.3 Å². The van der Waals surface area contributed by atoms with E-state index in [4.69, 9.17) is 14.2 Å². The number of benzene rings is 2. The van der Waals surface area contributed by atoms with Crippen LogP contribution in [0.25, 0.3) is 10.1 Å². The van der Waals surface area contributed by atoms with E-state index in [0.717, 1.165) is 55.4 Å². The van der Waals surface area contributed by atoms with Gasteiger partial charge in [-0.2, -0.15) is 0 Å². The van der Waals surface area contributed by atoms with E-state index in [0.29, 0.717) is 30.6 Å². The van der Waals surface area contributed by atoms with Gasteiger partial charge in [-0.1, -0.05) is 24.0 Å². The first kappa shape index (κ1) is 29.6. The van der Waals surface area contributed by atoms with E-state index in [-0.39, 0.29) is 11.0 Å². The molecule has 228 valence electrons. The number of methoxy groups -OCH3 is 1. The topological polar surface area (TPSA) is 106 Å². The second-order valence-corrected chi connectivity index (χ2v) is 14.6. The molecule has 2 aromatic carbocycles. The molecular formula is C32H37N3O6S2. The predicted octanol–water partition coefficient (Wildman–Crippen LogP) is 5.14. The first-order valence-electron chi connectivity index (χ1n) is 14.7. The summed E-state index contributed by atoms with van der Waals surface area (Å²) in [6.07, 6.45) is 6.09. The number of ether oxygens (including phenoxy) is 3. The fourth-order valence-corrected chi connectivity index (χ4v) is 7.55. The van der Waals surface area contributed by atoms with Crippen molar-refractivity contribution in [3.63, 3.8) is 0 Å². The zero-order valence-electron chi connectivity index (χ0n) is 24.5. The number of hydrogen-bond acceptors (Lipinski definition) is 10. The molecule has 1 aromatic heterocycles. The van der Waals surface area contributed by atoms with Crippen molar-refractivity contribution in [1.29, 1.82) is 0 Å². The molecule has 11 heteroatoms. The summed E-state index contributed by atoms with van der Waals surface area (Å²) in [5, 5.41) is 8.39. The first-order chi connectivity index (χ1) is 20.8. The highest BCUT2D eigenvalue weighted by molar-refractivity contribution is 7.90. The molecule has 1 aliphatic carbocycles. The molecule has 1 saturated carbocycles. The van der Waals surface area contributed by atoms with Crippen molar-refractivity contribution in [1.82, 2.24) is 4.90 Å². The molecule has 3 heterocycles. The standard InChI is InChI=1S/C32H37N3O6S2/c1-39-29-18-24(43(2,37)38)10-11-27(29)33-14-4-7-30-26(17-21-8-9-21)25-5-3-6-28(31(25)42-30)34-22-12-15-35(16-13-22)19-23-20-40-32(36)41-23/h3,5-6,10-11,18,21-23,33-34H,8-9,12-17,19-20H2,1-2H3. The number of cyclic esters (lactones) is 2. The number of likely N-dealkylation sites (tertiary alicyclic amines) is 1. The Bertz CT molecular complexity index is 1660. The zero-order chi connectivity index (χ0) is 30.0. The smallest absolute Gasteiger partial charge is 0.495 e. The number of fused-ring (bicyclic) bond motifs is 1. The van der Waals surface area contributed by atoms with E-state index in [2.05, 4.69) is 45.6 Å². The zero-order valence-corrected chi connectivity index (χ0v) is 26.1. The van der Waals surface area contributed by atoms with Gasteiger partial charge in [-0.05, 0) is 67.2 Å². The number of anilines is 2. The third kappa shape index (κ3) is 7.20. The number of carbonyl (C=O) groups excluding carboxylic acids is 1. The minimum absolute atomic E-state index is 0.168. The Labute approximate surface area is 256 Å². The molecule has 3 aliphatic rings. The van der Waals surface area contributed by atoms with Gasteiger partial charge in [-0.25, -0.2) is 13.2 Å². The third-order valence-corrected chi connectivity index (χ3v) is 10.5. The number of rotatable bonds is 10. The van der Waals surface area contributed by atoms with Crippen LogP contribution in [0.4, 0.5) is 16.2 Å². The average Bonchev–Trinajstić information content (AvgIpc) is 3.62. The highest BCUT2D eigenvalue weighted by Crippen LogP contribution is 2.42. The van der Waals surface area contributed by atoms with Crippen LogP contribution in [-0.2, 0) is 25.7 Å². The van der Waals surface area contributed by atoms with Crippen molar-refractivity contribution in [3.8, 4) is 17.6 Å². The van der Waals surface area contributed by atoms with Crippen LogP contribution in [0.2, 0.25) is 0 Å². The maximum Gasteiger partial charge on any atom is 0.508 e. The summed E-state index contributed by atoms with van der Waals surface area (Å²) in [7, 11) is -1.79. The molecular weight excluding hydrogens is 587 g/mol. The van der Waals surface area contributed by atoms with Crippen LogP contribution in [0.3, 0.4) is 0 Å². The molecule has 2 aliphatic heterocycles. The molecule has 0 spiro atoms. The molecule has 0 radical (unpaired) electrons. The summed E-state index contributed by atoms with van der Waals surface area (Å²) >= 11 is 1.76. The Morgan fingerprint density at radius 3 is 2.63 bits per heavy atom. The van der Waals surface area contributed by atoms with Crippen molar-refractivity contribution < 1.29 is 27.4 Å². The minimum atomic E-state index is -3.32. The van der Waals surface area contributed by atoms with Crippen LogP contribution in [0.5, 0.6) is 5.75 Å². The molecule has 43 heavy (non-hydrogen) atoms. The van der Waals surface area contributed by atoms with Gasteiger partial charge in [0.15, 0.2) is 15.9 Å². The highest BCUT2D eigenvalue weighted by Gasteiger charge is 2.29. The largest absolute Gasteiger partial charge is 0.508 e. The van der Waals surface area contributed by atoms with Crippen LogP contribution < -0.4 is 15.4 Å². The SMILES string of the molecule is COc1cc(S(C)(=O)=O)ccc1NCC#Cc1sc2c(NC3CCN(CC4COC(=O)O4)CC3)cccc2c1CC1CC1. The molecule has 1 atom stereocenters. The molecule has 3 fully saturated rings. The van der Waals surface area contributed by atoms with Crippen molar-refractivity contribution in [3.05, 3.63) is 46.8 Å². The van der Waals surface area contributed by atoms with Gasteiger partial charge >= 0.3 is 6.16 Å². The molecule has 0 bridgehead atoms. The van der Waals surface area contributed by atoms with Gasteiger partial charge in [0.25, 0.3) is 0 Å². The number of nitrogens with zero attached hydrogens (tertiary/aromatic N) is 1. The lowest BCUT2D eigenvalue weighted by atomic mass is 10.0. The van der Waals surface area contributed by atoms with Gasteiger partial charge in [-0.3, -0.25) is 4.90 Å². The molecule has 2 saturated heterocycles. The maximum absolute atomic E-state index is 11.9. The fraction of sp³-hybridized carbons (Fsp3) is 0.469. The van der Waals surface area contributed by atoms with Gasteiger partial charge in [0.1, 0.15) is 12.4 Å². The van der Waals surface area contributed by atoms with E-state index >= 15 is 0 Å². The van der Waals surface area contributed by atoms with E-state index in [9.17, 15) is 13.2 Å². The van der Waals surface area contributed by atoms with Gasteiger partial charge in [0.05, 0.1) is 39.5 Å². The lowest BCUT2D eigenvalue weighted by molar-refractivity contribution is 0.0945. The molecule has 6 rings (SSSR count). The lowest BCUT2D eigenvalue weighted by Crippen LogP contribution is -2.43. The van der Waals surface area contributed by atoms with Crippen LogP contribution in [-0.4, -0.2) is 77.8 Å². The number of carbonyl (C=O) groups is 1. The summed E-state index contributed by atoms with van der Waals surface area (Å²) < 4.78 is 40.6. The second kappa shape index (κ2) is 12.6. The van der Waals surface area contributed by atoms with Crippen molar-refractivity contribution in [2.75, 3.05) is 56.8 Å². The monoisotopic (exact) mass is 623 g/mol. The highest BCUT2D eigenvalue weighted by atomic mass is 32.2. The molecule has 3 aromatic rings. The van der Waals surface area contributed by atoms with Crippen LogP contribution in [0.1, 0.15) is 36.1 Å². The van der Waals surface area contributed by atoms with E-state index in [1.165, 1.54) is 47.9 Å². The van der Waals surface area contributed by atoms with Gasteiger partial charge in [0, 0.05) is 38.0 Å². The third-order valence-electron chi connectivity index (χ3n) is 8.24. The van der Waals surface area contributed by atoms with E-state index < -0.39 is 16.0 Å². The normalized spacial score (nSPS) is 19.4. The average molecular weight is 624 g/mol. The number of sulfone groups is 1. The van der Waals surface area contributed by atoms with E-state index in [1.807, 2.05) is 0 Å². The van der Waals surface area contributed by atoms with E-state index in [1.54, 1.807) is 23.5 Å².